The lowest BCUT2D eigenvalue weighted by Crippen LogP contribution is -2.25. The highest BCUT2D eigenvalue weighted by molar-refractivity contribution is 6.01. The zero-order valence-corrected chi connectivity index (χ0v) is 21.7. The molecule has 7 nitrogen and oxygen atoms in total. The van der Waals surface area contributed by atoms with Gasteiger partial charge in [-0.25, -0.2) is 4.79 Å². The monoisotopic (exact) mass is 544 g/mol. The van der Waals surface area contributed by atoms with Crippen molar-refractivity contribution in [2.75, 3.05) is 0 Å². The van der Waals surface area contributed by atoms with Crippen LogP contribution in [0.1, 0.15) is 65.1 Å². The first kappa shape index (κ1) is 29.2. The van der Waals surface area contributed by atoms with Gasteiger partial charge in [0.1, 0.15) is 29.3 Å². The predicted octanol–water partition coefficient (Wildman–Crippen LogP) is 6.44. The van der Waals surface area contributed by atoms with Gasteiger partial charge in [-0.3, -0.25) is 9.59 Å². The van der Waals surface area contributed by atoms with Crippen LogP contribution >= 0.6 is 0 Å². The summed E-state index contributed by atoms with van der Waals surface area (Å²) < 4.78 is 51.0. The molecule has 0 aliphatic carbocycles. The molecule has 10 heteroatoms. The number of rotatable bonds is 8. The molecule has 0 radical (unpaired) electrons. The molecule has 0 fully saturated rings. The zero-order chi connectivity index (χ0) is 29.1. The Kier molecular flexibility index (Phi) is 8.38. The number of aliphatic carboxylic acids is 1. The maximum absolute atomic E-state index is 13.4. The van der Waals surface area contributed by atoms with Gasteiger partial charge in [0.05, 0.1) is 12.0 Å². The first-order valence-corrected chi connectivity index (χ1v) is 11.8. The van der Waals surface area contributed by atoms with Crippen LogP contribution in [0.25, 0.3) is 11.1 Å². The van der Waals surface area contributed by atoms with E-state index in [1.165, 1.54) is 13.0 Å². The molecule has 0 spiro atoms. The average molecular weight is 545 g/mol. The van der Waals surface area contributed by atoms with Crippen molar-refractivity contribution in [1.29, 1.82) is 0 Å². The molecule has 0 unspecified atom stereocenters. The number of hydrogen-bond acceptors (Lipinski definition) is 6. The number of aromatic hydroxyl groups is 1. The SMILES string of the molecule is CC(=O)c1cc(CC(=O)O)ccc1-c1ccc(OCc2ccc(C(F)(F)F)c(O)c2C(=O)OC(C)(C)C)cc1. The zero-order valence-electron chi connectivity index (χ0n) is 21.7. The fourth-order valence-corrected chi connectivity index (χ4v) is 3.85. The van der Waals surface area contributed by atoms with Crippen molar-refractivity contribution in [3.8, 4) is 22.6 Å². The van der Waals surface area contributed by atoms with E-state index < -0.39 is 40.6 Å². The number of Topliss-reactive ketones (excluding diaryl/α,β-unsaturated/α-hetero) is 1. The number of benzene rings is 3. The molecule has 2 N–H and O–H groups in total. The highest BCUT2D eigenvalue weighted by atomic mass is 19.4. The number of carbonyl (C=O) groups excluding carboxylic acids is 2. The lowest BCUT2D eigenvalue weighted by atomic mass is 9.94. The maximum atomic E-state index is 13.4. The molecule has 3 aromatic carbocycles. The van der Waals surface area contributed by atoms with Gasteiger partial charge in [0.2, 0.25) is 0 Å². The van der Waals surface area contributed by atoms with Crippen molar-refractivity contribution in [3.05, 3.63) is 82.4 Å². The van der Waals surface area contributed by atoms with Crippen LogP contribution in [0, 0.1) is 0 Å². The summed E-state index contributed by atoms with van der Waals surface area (Å²) >= 11 is 0. The van der Waals surface area contributed by atoms with Crippen molar-refractivity contribution in [2.24, 2.45) is 0 Å². The Morgan fingerprint density at radius 3 is 2.10 bits per heavy atom. The third kappa shape index (κ3) is 7.37. The first-order chi connectivity index (χ1) is 18.1. The second-order valence-electron chi connectivity index (χ2n) is 9.82. The van der Waals surface area contributed by atoms with Crippen LogP contribution in [0.4, 0.5) is 13.2 Å². The van der Waals surface area contributed by atoms with Gasteiger partial charge in [-0.05, 0) is 68.7 Å². The Morgan fingerprint density at radius 2 is 1.56 bits per heavy atom. The Labute approximate surface area is 222 Å². The van der Waals surface area contributed by atoms with Crippen LogP contribution in [0.2, 0.25) is 0 Å². The van der Waals surface area contributed by atoms with E-state index in [2.05, 4.69) is 0 Å². The number of alkyl halides is 3. The standard InChI is InChI=1S/C29H27F3O7/c1-16(33)22-13-17(14-24(34)35)5-11-21(22)18-6-9-20(10-7-18)38-15-19-8-12-23(29(30,31)32)26(36)25(19)27(37)39-28(2,3)4/h5-13,36H,14-15H2,1-4H3,(H,34,35). The third-order valence-electron chi connectivity index (χ3n) is 5.55. The van der Waals surface area contributed by atoms with E-state index in [4.69, 9.17) is 14.6 Å². The minimum atomic E-state index is -4.89. The van der Waals surface area contributed by atoms with E-state index in [9.17, 15) is 32.7 Å². The van der Waals surface area contributed by atoms with Crippen molar-refractivity contribution >= 4 is 17.7 Å². The number of esters is 1. The van der Waals surface area contributed by atoms with Crippen LogP contribution in [0.3, 0.4) is 0 Å². The molecule has 0 saturated carbocycles. The van der Waals surface area contributed by atoms with Gasteiger partial charge >= 0.3 is 18.1 Å². The molecule has 0 bridgehead atoms. The molecular weight excluding hydrogens is 517 g/mol. The van der Waals surface area contributed by atoms with Crippen LogP contribution in [-0.4, -0.2) is 33.5 Å². The summed E-state index contributed by atoms with van der Waals surface area (Å²) in [5.74, 6) is -3.32. The molecule has 3 rings (SSSR count). The number of phenols is 1. The number of ketones is 1. The number of carboxylic acid groups (broad SMARTS) is 1. The number of hydrogen-bond donors (Lipinski definition) is 2. The minimum absolute atomic E-state index is 0.00767. The molecule has 0 heterocycles. The molecule has 0 aliphatic rings. The van der Waals surface area contributed by atoms with E-state index in [1.807, 2.05) is 0 Å². The lowest BCUT2D eigenvalue weighted by Gasteiger charge is -2.22. The summed E-state index contributed by atoms with van der Waals surface area (Å²) in [4.78, 5) is 35.9. The largest absolute Gasteiger partial charge is 0.506 e. The van der Waals surface area contributed by atoms with Gasteiger partial charge in [0, 0.05) is 11.1 Å². The fraction of sp³-hybridized carbons (Fsp3) is 0.276. The van der Waals surface area contributed by atoms with Gasteiger partial charge < -0.3 is 19.7 Å². The molecule has 206 valence electrons. The lowest BCUT2D eigenvalue weighted by molar-refractivity contribution is -0.139. The number of carbonyl (C=O) groups is 3. The number of carboxylic acids is 1. The Hall–Kier alpha value is -4.34. The Balaban J connectivity index is 1.88. The highest BCUT2D eigenvalue weighted by Gasteiger charge is 2.37. The van der Waals surface area contributed by atoms with Gasteiger partial charge in [0.25, 0.3) is 0 Å². The van der Waals surface area contributed by atoms with E-state index in [-0.39, 0.29) is 24.4 Å². The van der Waals surface area contributed by atoms with E-state index in [0.717, 1.165) is 6.07 Å². The highest BCUT2D eigenvalue weighted by Crippen LogP contribution is 2.39. The minimum Gasteiger partial charge on any atom is -0.506 e. The van der Waals surface area contributed by atoms with Gasteiger partial charge in [-0.2, -0.15) is 13.2 Å². The van der Waals surface area contributed by atoms with Crippen LogP contribution < -0.4 is 4.74 Å². The Morgan fingerprint density at radius 1 is 0.923 bits per heavy atom. The topological polar surface area (TPSA) is 110 Å². The molecule has 0 amide bonds. The predicted molar refractivity (Wildman–Crippen MR) is 136 cm³/mol. The summed E-state index contributed by atoms with van der Waals surface area (Å²) in [6, 6.07) is 13.0. The number of ether oxygens (including phenoxy) is 2. The summed E-state index contributed by atoms with van der Waals surface area (Å²) in [6.07, 6.45) is -5.11. The summed E-state index contributed by atoms with van der Waals surface area (Å²) in [7, 11) is 0. The van der Waals surface area contributed by atoms with E-state index in [1.54, 1.807) is 57.2 Å². The van der Waals surface area contributed by atoms with Crippen LogP contribution in [0.15, 0.2) is 54.6 Å². The third-order valence-corrected chi connectivity index (χ3v) is 5.55. The molecule has 3 aromatic rings. The Bertz CT molecular complexity index is 1400. The van der Waals surface area contributed by atoms with E-state index in [0.29, 0.717) is 34.1 Å². The summed E-state index contributed by atoms with van der Waals surface area (Å²) in [6.45, 7) is 5.67. The second-order valence-corrected chi connectivity index (χ2v) is 9.82. The van der Waals surface area contributed by atoms with Gasteiger partial charge in [-0.1, -0.05) is 30.3 Å². The normalized spacial score (nSPS) is 11.7. The summed E-state index contributed by atoms with van der Waals surface area (Å²) in [5.41, 5.74) is -0.959. The van der Waals surface area contributed by atoms with Gasteiger partial charge in [0.15, 0.2) is 5.78 Å². The maximum Gasteiger partial charge on any atom is 0.419 e. The summed E-state index contributed by atoms with van der Waals surface area (Å²) in [5, 5.41) is 19.4. The quantitative estimate of drug-likeness (QED) is 0.248. The molecule has 39 heavy (non-hydrogen) atoms. The van der Waals surface area contributed by atoms with Gasteiger partial charge in [-0.15, -0.1) is 0 Å². The molecule has 0 aromatic heterocycles. The van der Waals surface area contributed by atoms with E-state index >= 15 is 0 Å². The van der Waals surface area contributed by atoms with Crippen molar-refractivity contribution in [2.45, 2.75) is 52.5 Å². The molecule has 0 atom stereocenters. The van der Waals surface area contributed by atoms with Crippen molar-refractivity contribution in [1.82, 2.24) is 0 Å². The number of phenolic OH excluding ortho intramolecular Hbond substituents is 1. The second kappa shape index (κ2) is 11.2. The van der Waals surface area contributed by atoms with Crippen LogP contribution in [-0.2, 0) is 28.7 Å². The fourth-order valence-electron chi connectivity index (χ4n) is 3.85. The van der Waals surface area contributed by atoms with Crippen molar-refractivity contribution < 1.29 is 47.2 Å². The molecular formula is C29H27F3O7. The molecule has 0 saturated heterocycles. The molecule has 0 aliphatic heterocycles. The van der Waals surface area contributed by atoms with Crippen molar-refractivity contribution in [3.63, 3.8) is 0 Å². The number of halogens is 3. The average Bonchev–Trinajstić information content (AvgIpc) is 2.80. The van der Waals surface area contributed by atoms with Crippen LogP contribution in [0.5, 0.6) is 11.5 Å². The first-order valence-electron chi connectivity index (χ1n) is 11.8. The smallest absolute Gasteiger partial charge is 0.419 e.